The Bertz CT molecular complexity index is 611. The Morgan fingerprint density at radius 1 is 1.38 bits per heavy atom. The number of rotatable bonds is 3. The maximum atomic E-state index is 13.7. The molecule has 1 aliphatic heterocycles. The summed E-state index contributed by atoms with van der Waals surface area (Å²) in [7, 11) is 0. The van der Waals surface area contributed by atoms with Crippen LogP contribution in [0.5, 0.6) is 0 Å². The van der Waals surface area contributed by atoms with Gasteiger partial charge in [-0.1, -0.05) is 18.2 Å². The molecule has 1 atom stereocenters. The number of carbonyl (C=O) groups is 2. The largest absolute Gasteiger partial charge is 0.481 e. The van der Waals surface area contributed by atoms with Crippen molar-refractivity contribution in [3.05, 3.63) is 41.7 Å². The summed E-state index contributed by atoms with van der Waals surface area (Å²) in [5, 5.41) is 9.17. The number of halogens is 1. The molecule has 1 saturated heterocycles. The molecule has 1 N–H and O–H groups in total. The zero-order valence-corrected chi connectivity index (χ0v) is 12.1. The molecule has 1 aliphatic rings. The van der Waals surface area contributed by atoms with Crippen LogP contribution >= 0.6 is 0 Å². The van der Waals surface area contributed by atoms with Crippen LogP contribution in [0.1, 0.15) is 25.8 Å². The predicted molar refractivity (Wildman–Crippen MR) is 77.0 cm³/mol. The third kappa shape index (κ3) is 3.12. The minimum Gasteiger partial charge on any atom is -0.481 e. The first-order chi connectivity index (χ1) is 9.83. The van der Waals surface area contributed by atoms with Gasteiger partial charge in [0.25, 0.3) is 0 Å². The molecule has 5 heteroatoms. The smallest absolute Gasteiger partial charge is 0.311 e. The number of nitrogens with zero attached hydrogens (tertiary/aromatic N) is 1. The van der Waals surface area contributed by atoms with Gasteiger partial charge in [-0.15, -0.1) is 0 Å². The molecule has 0 radical (unpaired) electrons. The lowest BCUT2D eigenvalue weighted by Crippen LogP contribution is -2.34. The fourth-order valence-corrected chi connectivity index (χ4v) is 2.46. The van der Waals surface area contributed by atoms with Gasteiger partial charge in [-0.3, -0.25) is 9.59 Å². The van der Waals surface area contributed by atoms with E-state index in [2.05, 4.69) is 0 Å². The van der Waals surface area contributed by atoms with Crippen molar-refractivity contribution in [1.29, 1.82) is 0 Å². The molecule has 0 aromatic heterocycles. The SMILES string of the molecule is C/C(=C\C(=O)N1CCC(C)(C(=O)O)C1)c1ccccc1F. The molecule has 0 saturated carbocycles. The molecule has 1 heterocycles. The molecule has 1 amide bonds. The second-order valence-corrected chi connectivity index (χ2v) is 5.68. The number of likely N-dealkylation sites (tertiary alicyclic amines) is 1. The van der Waals surface area contributed by atoms with E-state index in [1.807, 2.05) is 0 Å². The second-order valence-electron chi connectivity index (χ2n) is 5.68. The van der Waals surface area contributed by atoms with Crippen molar-refractivity contribution in [2.24, 2.45) is 5.41 Å². The number of aliphatic carboxylic acids is 1. The Hall–Kier alpha value is -2.17. The van der Waals surface area contributed by atoms with Gasteiger partial charge in [-0.05, 0) is 31.9 Å². The zero-order chi connectivity index (χ0) is 15.6. The molecule has 0 bridgehead atoms. The summed E-state index contributed by atoms with van der Waals surface area (Å²) >= 11 is 0. The first kappa shape index (κ1) is 15.2. The zero-order valence-electron chi connectivity index (χ0n) is 12.1. The van der Waals surface area contributed by atoms with Gasteiger partial charge < -0.3 is 10.0 Å². The highest BCUT2D eigenvalue weighted by Gasteiger charge is 2.41. The van der Waals surface area contributed by atoms with Crippen LogP contribution in [0.4, 0.5) is 4.39 Å². The van der Waals surface area contributed by atoms with Crippen LogP contribution < -0.4 is 0 Å². The predicted octanol–water partition coefficient (Wildman–Crippen LogP) is 2.55. The van der Waals surface area contributed by atoms with Crippen molar-refractivity contribution in [2.75, 3.05) is 13.1 Å². The summed E-state index contributed by atoms with van der Waals surface area (Å²) in [5.74, 6) is -1.55. The average Bonchev–Trinajstić information content (AvgIpc) is 2.83. The molecule has 4 nitrogen and oxygen atoms in total. The van der Waals surface area contributed by atoms with Crippen molar-refractivity contribution in [2.45, 2.75) is 20.3 Å². The molecule has 0 aliphatic carbocycles. The molecule has 21 heavy (non-hydrogen) atoms. The lowest BCUT2D eigenvalue weighted by molar-refractivity contribution is -0.147. The molecule has 0 spiro atoms. The van der Waals surface area contributed by atoms with Crippen molar-refractivity contribution >= 4 is 17.4 Å². The molecule has 1 aromatic carbocycles. The first-order valence-corrected chi connectivity index (χ1v) is 6.79. The number of carboxylic acid groups (broad SMARTS) is 1. The number of hydrogen-bond donors (Lipinski definition) is 1. The van der Waals surface area contributed by atoms with E-state index in [4.69, 9.17) is 5.11 Å². The topological polar surface area (TPSA) is 57.6 Å². The van der Waals surface area contributed by atoms with Gasteiger partial charge in [-0.25, -0.2) is 4.39 Å². The average molecular weight is 291 g/mol. The van der Waals surface area contributed by atoms with Crippen LogP contribution in [-0.4, -0.2) is 35.0 Å². The summed E-state index contributed by atoms with van der Waals surface area (Å²) < 4.78 is 13.7. The van der Waals surface area contributed by atoms with E-state index in [1.54, 1.807) is 32.0 Å². The summed E-state index contributed by atoms with van der Waals surface area (Å²) in [6.45, 7) is 3.89. The van der Waals surface area contributed by atoms with E-state index < -0.39 is 11.4 Å². The van der Waals surface area contributed by atoms with Crippen molar-refractivity contribution in [1.82, 2.24) is 4.90 Å². The lowest BCUT2D eigenvalue weighted by atomic mass is 9.90. The highest BCUT2D eigenvalue weighted by atomic mass is 19.1. The number of hydrogen-bond acceptors (Lipinski definition) is 2. The van der Waals surface area contributed by atoms with Crippen LogP contribution in [0.3, 0.4) is 0 Å². The Morgan fingerprint density at radius 3 is 2.62 bits per heavy atom. The highest BCUT2D eigenvalue weighted by Crippen LogP contribution is 2.30. The maximum absolute atomic E-state index is 13.7. The Morgan fingerprint density at radius 2 is 2.05 bits per heavy atom. The standard InChI is InChI=1S/C16H18FNO3/c1-11(12-5-3-4-6-13(12)17)9-14(19)18-8-7-16(2,10-18)15(20)21/h3-6,9H,7-8,10H2,1-2H3,(H,20,21)/b11-9+. The van der Waals surface area contributed by atoms with Gasteiger partial charge in [0.15, 0.2) is 0 Å². The van der Waals surface area contributed by atoms with Gasteiger partial charge in [0.05, 0.1) is 5.41 Å². The monoisotopic (exact) mass is 291 g/mol. The van der Waals surface area contributed by atoms with Gasteiger partial charge in [-0.2, -0.15) is 0 Å². The van der Waals surface area contributed by atoms with Crippen molar-refractivity contribution in [3.63, 3.8) is 0 Å². The Balaban J connectivity index is 2.14. The summed E-state index contributed by atoms with van der Waals surface area (Å²) in [5.41, 5.74) is 0.0168. The number of carboxylic acids is 1. The summed E-state index contributed by atoms with van der Waals surface area (Å²) in [6, 6.07) is 6.25. The van der Waals surface area contributed by atoms with E-state index in [0.29, 0.717) is 24.1 Å². The minimum atomic E-state index is -0.896. The fraction of sp³-hybridized carbons (Fsp3) is 0.375. The Kier molecular flexibility index (Phi) is 4.11. The molecular formula is C16H18FNO3. The van der Waals surface area contributed by atoms with Gasteiger partial charge >= 0.3 is 5.97 Å². The summed E-state index contributed by atoms with van der Waals surface area (Å²) in [6.07, 6.45) is 1.80. The quantitative estimate of drug-likeness (QED) is 0.871. The van der Waals surface area contributed by atoms with E-state index in [1.165, 1.54) is 17.0 Å². The minimum absolute atomic E-state index is 0.183. The van der Waals surface area contributed by atoms with Crippen LogP contribution in [0, 0.1) is 11.2 Å². The van der Waals surface area contributed by atoms with Crippen LogP contribution in [0.15, 0.2) is 30.3 Å². The van der Waals surface area contributed by atoms with Gasteiger partial charge in [0.2, 0.25) is 5.91 Å². The molecule has 1 unspecified atom stereocenters. The lowest BCUT2D eigenvalue weighted by Gasteiger charge is -2.19. The summed E-state index contributed by atoms with van der Waals surface area (Å²) in [4.78, 5) is 24.9. The van der Waals surface area contributed by atoms with E-state index in [9.17, 15) is 14.0 Å². The fourth-order valence-electron chi connectivity index (χ4n) is 2.46. The molecule has 2 rings (SSSR count). The van der Waals surface area contributed by atoms with Crippen LogP contribution in [0.2, 0.25) is 0 Å². The Labute approximate surface area is 122 Å². The number of carbonyl (C=O) groups excluding carboxylic acids is 1. The van der Waals surface area contributed by atoms with Crippen molar-refractivity contribution in [3.8, 4) is 0 Å². The number of allylic oxidation sites excluding steroid dienone is 1. The van der Waals surface area contributed by atoms with Crippen LogP contribution in [-0.2, 0) is 9.59 Å². The normalized spacial score (nSPS) is 22.4. The number of amides is 1. The first-order valence-electron chi connectivity index (χ1n) is 6.79. The molecular weight excluding hydrogens is 273 g/mol. The molecule has 1 fully saturated rings. The third-order valence-electron chi connectivity index (χ3n) is 3.94. The highest BCUT2D eigenvalue weighted by molar-refractivity contribution is 5.95. The molecule has 1 aromatic rings. The van der Waals surface area contributed by atoms with Crippen molar-refractivity contribution < 1.29 is 19.1 Å². The van der Waals surface area contributed by atoms with Crippen LogP contribution in [0.25, 0.3) is 5.57 Å². The van der Waals surface area contributed by atoms with Gasteiger partial charge in [0, 0.05) is 24.7 Å². The maximum Gasteiger partial charge on any atom is 0.311 e. The molecule has 112 valence electrons. The second kappa shape index (κ2) is 5.68. The number of benzene rings is 1. The van der Waals surface area contributed by atoms with E-state index in [0.717, 1.165) is 0 Å². The van der Waals surface area contributed by atoms with E-state index in [-0.39, 0.29) is 18.3 Å². The van der Waals surface area contributed by atoms with Gasteiger partial charge in [0.1, 0.15) is 5.82 Å². The van der Waals surface area contributed by atoms with E-state index >= 15 is 0 Å². The third-order valence-corrected chi connectivity index (χ3v) is 3.94.